The number of rotatable bonds is 6. The van der Waals surface area contributed by atoms with E-state index in [1.807, 2.05) is 17.5 Å². The van der Waals surface area contributed by atoms with Crippen LogP contribution in [0, 0.1) is 0 Å². The number of oxazole rings is 1. The van der Waals surface area contributed by atoms with Crippen molar-refractivity contribution >= 4 is 38.9 Å². The number of esters is 1. The Hall–Kier alpha value is -2.20. The van der Waals surface area contributed by atoms with Gasteiger partial charge in [-0.15, -0.1) is 11.3 Å². The molecule has 1 saturated heterocycles. The van der Waals surface area contributed by atoms with E-state index >= 15 is 0 Å². The number of thiophene rings is 1. The van der Waals surface area contributed by atoms with Crippen molar-refractivity contribution in [1.29, 1.82) is 0 Å². The maximum absolute atomic E-state index is 13.1. The lowest BCUT2D eigenvalue weighted by Gasteiger charge is -2.21. The summed E-state index contributed by atoms with van der Waals surface area (Å²) < 4.78 is 38.4. The molecule has 3 aromatic rings. The van der Waals surface area contributed by atoms with E-state index in [0.717, 1.165) is 30.6 Å². The van der Waals surface area contributed by atoms with Crippen molar-refractivity contribution in [3.8, 4) is 10.8 Å². The number of carbonyl (C=O) groups excluding carboxylic acids is 1. The molecule has 1 aliphatic heterocycles. The number of aromatic nitrogens is 1. The van der Waals surface area contributed by atoms with Crippen molar-refractivity contribution in [2.45, 2.75) is 37.2 Å². The van der Waals surface area contributed by atoms with E-state index < -0.39 is 16.0 Å². The van der Waals surface area contributed by atoms with E-state index in [1.165, 1.54) is 40.1 Å². The molecule has 3 heterocycles. The van der Waals surface area contributed by atoms with E-state index in [-0.39, 0.29) is 22.1 Å². The molecule has 0 amide bonds. The molecule has 0 N–H and O–H groups in total. The fraction of sp³-hybridized carbons (Fsp3) is 0.333. The van der Waals surface area contributed by atoms with Crippen molar-refractivity contribution in [2.75, 3.05) is 13.1 Å². The molecule has 1 aromatic carbocycles. The number of halogens is 1. The first kappa shape index (κ1) is 22.0. The fourth-order valence-corrected chi connectivity index (χ4v) is 6.03. The van der Waals surface area contributed by atoms with Crippen LogP contribution in [-0.2, 0) is 21.4 Å². The lowest BCUT2D eigenvalue weighted by Crippen LogP contribution is -2.32. The fourth-order valence-electron chi connectivity index (χ4n) is 3.36. The van der Waals surface area contributed by atoms with Gasteiger partial charge in [0.25, 0.3) is 0 Å². The SMILES string of the molecule is O=C(OCc1coc(-c2cccs2)n1)c1ccc(Cl)c(S(=O)(=O)N2CCCCCC2)c1. The van der Waals surface area contributed by atoms with Gasteiger partial charge in [-0.1, -0.05) is 30.5 Å². The van der Waals surface area contributed by atoms with Crippen LogP contribution in [0.2, 0.25) is 5.02 Å². The molecule has 0 spiro atoms. The monoisotopic (exact) mass is 480 g/mol. The van der Waals surface area contributed by atoms with Gasteiger partial charge in [0.1, 0.15) is 23.5 Å². The van der Waals surface area contributed by atoms with Gasteiger partial charge in [0.05, 0.1) is 15.5 Å². The van der Waals surface area contributed by atoms with E-state index in [0.29, 0.717) is 24.7 Å². The lowest BCUT2D eigenvalue weighted by molar-refractivity contribution is 0.0467. The summed E-state index contributed by atoms with van der Waals surface area (Å²) in [5.74, 6) is -0.206. The van der Waals surface area contributed by atoms with E-state index in [2.05, 4.69) is 4.98 Å². The average molecular weight is 481 g/mol. The van der Waals surface area contributed by atoms with Crippen molar-refractivity contribution in [1.82, 2.24) is 9.29 Å². The Labute approximate surface area is 189 Å². The molecule has 0 bridgehead atoms. The molecular weight excluding hydrogens is 460 g/mol. The summed E-state index contributed by atoms with van der Waals surface area (Å²) in [5, 5.41) is 2.00. The van der Waals surface area contributed by atoms with Gasteiger partial charge in [-0.05, 0) is 42.5 Å². The number of nitrogens with zero attached hydrogens (tertiary/aromatic N) is 2. The Morgan fingerprint density at radius 1 is 1.19 bits per heavy atom. The molecule has 4 rings (SSSR count). The Morgan fingerprint density at radius 3 is 2.68 bits per heavy atom. The van der Waals surface area contributed by atoms with Crippen LogP contribution in [0.15, 0.2) is 51.3 Å². The Bertz CT molecular complexity index is 1150. The van der Waals surface area contributed by atoms with Crippen LogP contribution in [0.25, 0.3) is 10.8 Å². The van der Waals surface area contributed by atoms with Crippen LogP contribution in [0.4, 0.5) is 0 Å². The normalized spacial score (nSPS) is 15.5. The van der Waals surface area contributed by atoms with Gasteiger partial charge in [0.15, 0.2) is 0 Å². The largest absolute Gasteiger partial charge is 0.455 e. The highest BCUT2D eigenvalue weighted by Crippen LogP contribution is 2.28. The first-order valence-corrected chi connectivity index (χ1v) is 12.6. The summed E-state index contributed by atoms with van der Waals surface area (Å²) in [6, 6.07) is 7.92. The van der Waals surface area contributed by atoms with Crippen molar-refractivity contribution in [2.24, 2.45) is 0 Å². The predicted molar refractivity (Wildman–Crippen MR) is 118 cm³/mol. The molecule has 0 radical (unpaired) electrons. The summed E-state index contributed by atoms with van der Waals surface area (Å²) >= 11 is 7.68. The molecule has 164 valence electrons. The van der Waals surface area contributed by atoms with Crippen LogP contribution in [0.1, 0.15) is 41.7 Å². The predicted octanol–water partition coefficient (Wildman–Crippen LogP) is 4.98. The number of carbonyl (C=O) groups is 1. The number of ether oxygens (including phenoxy) is 1. The Morgan fingerprint density at radius 2 is 1.97 bits per heavy atom. The molecule has 0 unspecified atom stereocenters. The van der Waals surface area contributed by atoms with E-state index in [9.17, 15) is 13.2 Å². The van der Waals surface area contributed by atoms with E-state index in [1.54, 1.807) is 0 Å². The number of sulfonamides is 1. The number of benzene rings is 1. The molecule has 31 heavy (non-hydrogen) atoms. The molecular formula is C21H21ClN2O5S2. The number of hydrogen-bond acceptors (Lipinski definition) is 7. The standard InChI is InChI=1S/C21H21ClN2O5S2/c22-17-8-7-15(12-19(17)31(26,27)24-9-3-1-2-4-10-24)21(25)29-14-16-13-28-20(23-16)18-6-5-11-30-18/h5-8,11-13H,1-4,9-10,14H2. The second-order valence-electron chi connectivity index (χ2n) is 7.16. The van der Waals surface area contributed by atoms with Gasteiger partial charge < -0.3 is 9.15 Å². The van der Waals surface area contributed by atoms with Gasteiger partial charge >= 0.3 is 5.97 Å². The Balaban J connectivity index is 1.48. The topological polar surface area (TPSA) is 89.7 Å². The first-order chi connectivity index (χ1) is 14.9. The first-order valence-electron chi connectivity index (χ1n) is 9.90. The van der Waals surface area contributed by atoms with Crippen LogP contribution in [-0.4, -0.2) is 36.8 Å². The summed E-state index contributed by atoms with van der Waals surface area (Å²) in [5.41, 5.74) is 0.572. The minimum absolute atomic E-state index is 0.0769. The quantitative estimate of drug-likeness (QED) is 0.462. The molecule has 1 aliphatic rings. The maximum atomic E-state index is 13.1. The zero-order chi connectivity index (χ0) is 21.8. The van der Waals surface area contributed by atoms with Gasteiger partial charge in [-0.25, -0.2) is 18.2 Å². The highest BCUT2D eigenvalue weighted by Gasteiger charge is 2.28. The molecule has 7 nitrogen and oxygen atoms in total. The maximum Gasteiger partial charge on any atom is 0.338 e. The molecule has 0 saturated carbocycles. The molecule has 0 atom stereocenters. The molecule has 2 aromatic heterocycles. The smallest absolute Gasteiger partial charge is 0.338 e. The third-order valence-electron chi connectivity index (χ3n) is 4.98. The van der Waals surface area contributed by atoms with Crippen molar-refractivity contribution in [3.63, 3.8) is 0 Å². The van der Waals surface area contributed by atoms with Gasteiger partial charge in [0.2, 0.25) is 15.9 Å². The summed E-state index contributed by atoms with van der Waals surface area (Å²) in [6.45, 7) is 0.808. The van der Waals surface area contributed by atoms with Gasteiger partial charge in [-0.2, -0.15) is 4.31 Å². The second kappa shape index (κ2) is 9.52. The van der Waals surface area contributed by atoms with Crippen LogP contribution in [0.3, 0.4) is 0 Å². The molecule has 0 aliphatic carbocycles. The van der Waals surface area contributed by atoms with Crippen LogP contribution in [0.5, 0.6) is 0 Å². The van der Waals surface area contributed by atoms with Crippen molar-refractivity contribution < 1.29 is 22.4 Å². The molecule has 1 fully saturated rings. The minimum atomic E-state index is -3.79. The summed E-state index contributed by atoms with van der Waals surface area (Å²) in [4.78, 5) is 17.6. The van der Waals surface area contributed by atoms with Gasteiger partial charge in [0, 0.05) is 13.1 Å². The van der Waals surface area contributed by atoms with Crippen molar-refractivity contribution in [3.05, 3.63) is 58.3 Å². The van der Waals surface area contributed by atoms with E-state index in [4.69, 9.17) is 20.8 Å². The highest BCUT2D eigenvalue weighted by molar-refractivity contribution is 7.89. The highest BCUT2D eigenvalue weighted by atomic mass is 35.5. The lowest BCUT2D eigenvalue weighted by atomic mass is 10.2. The third-order valence-corrected chi connectivity index (χ3v) is 8.22. The van der Waals surface area contributed by atoms with Crippen LogP contribution < -0.4 is 0 Å². The summed E-state index contributed by atoms with van der Waals surface area (Å²) in [7, 11) is -3.79. The zero-order valence-corrected chi connectivity index (χ0v) is 19.0. The van der Waals surface area contributed by atoms with Gasteiger partial charge in [-0.3, -0.25) is 0 Å². The average Bonchev–Trinajstić information content (AvgIpc) is 3.38. The Kier molecular flexibility index (Phi) is 6.76. The second-order valence-corrected chi connectivity index (χ2v) is 10.4. The molecule has 10 heteroatoms. The minimum Gasteiger partial charge on any atom is -0.455 e. The number of hydrogen-bond donors (Lipinski definition) is 0. The zero-order valence-electron chi connectivity index (χ0n) is 16.6. The van der Waals surface area contributed by atoms with Crippen LogP contribution >= 0.6 is 22.9 Å². The third kappa shape index (κ3) is 5.01. The summed E-state index contributed by atoms with van der Waals surface area (Å²) in [6.07, 6.45) is 5.05.